The highest BCUT2D eigenvalue weighted by molar-refractivity contribution is 5.87. The normalized spacial score (nSPS) is 21.8. The molecular formula is C13H23N3O5. The van der Waals surface area contributed by atoms with Crippen LogP contribution in [-0.4, -0.2) is 58.9 Å². The third-order valence-corrected chi connectivity index (χ3v) is 3.03. The molecule has 0 bridgehead atoms. The van der Waals surface area contributed by atoms with E-state index >= 15 is 0 Å². The van der Waals surface area contributed by atoms with Crippen molar-refractivity contribution in [1.29, 1.82) is 0 Å². The molecule has 1 fully saturated rings. The average molecular weight is 301 g/mol. The van der Waals surface area contributed by atoms with Crippen LogP contribution in [0.25, 0.3) is 0 Å². The third kappa shape index (κ3) is 4.51. The van der Waals surface area contributed by atoms with Crippen LogP contribution in [0.4, 0.5) is 9.59 Å². The number of rotatable bonds is 3. The van der Waals surface area contributed by atoms with Crippen LogP contribution in [0.1, 0.15) is 34.1 Å². The molecule has 0 aromatic carbocycles. The summed E-state index contributed by atoms with van der Waals surface area (Å²) < 4.78 is 5.09. The van der Waals surface area contributed by atoms with Crippen LogP contribution in [0.5, 0.6) is 0 Å². The minimum atomic E-state index is -1.51. The zero-order valence-electron chi connectivity index (χ0n) is 12.9. The number of aliphatic carboxylic acids is 1. The summed E-state index contributed by atoms with van der Waals surface area (Å²) in [7, 11) is 0. The highest BCUT2D eigenvalue weighted by atomic mass is 16.6. The van der Waals surface area contributed by atoms with Crippen molar-refractivity contribution in [3.05, 3.63) is 0 Å². The number of carboxylic acids is 1. The Morgan fingerprint density at radius 2 is 1.95 bits per heavy atom. The van der Waals surface area contributed by atoms with E-state index in [2.05, 4.69) is 10.6 Å². The highest BCUT2D eigenvalue weighted by Gasteiger charge is 2.48. The van der Waals surface area contributed by atoms with Gasteiger partial charge in [-0.25, -0.2) is 14.4 Å². The van der Waals surface area contributed by atoms with Crippen molar-refractivity contribution in [3.63, 3.8) is 0 Å². The predicted molar refractivity (Wildman–Crippen MR) is 75.0 cm³/mol. The lowest BCUT2D eigenvalue weighted by molar-refractivity contribution is -0.144. The Labute approximate surface area is 123 Å². The lowest BCUT2D eigenvalue weighted by Crippen LogP contribution is -2.57. The molecule has 0 aliphatic carbocycles. The molecule has 1 saturated heterocycles. The number of nitrogens with zero attached hydrogens (tertiary/aromatic N) is 1. The van der Waals surface area contributed by atoms with Crippen LogP contribution in [0.2, 0.25) is 0 Å². The summed E-state index contributed by atoms with van der Waals surface area (Å²) in [4.78, 5) is 36.5. The maximum absolute atomic E-state index is 11.8. The molecule has 0 spiro atoms. The first-order valence-corrected chi connectivity index (χ1v) is 6.87. The Morgan fingerprint density at radius 1 is 1.33 bits per heavy atom. The monoisotopic (exact) mass is 301 g/mol. The topological polar surface area (TPSA) is 108 Å². The molecule has 0 saturated carbocycles. The minimum absolute atomic E-state index is 0.0899. The van der Waals surface area contributed by atoms with E-state index in [0.717, 1.165) is 0 Å². The number of amides is 3. The van der Waals surface area contributed by atoms with Crippen molar-refractivity contribution in [2.45, 2.75) is 45.3 Å². The van der Waals surface area contributed by atoms with Gasteiger partial charge in [0.05, 0.1) is 6.54 Å². The van der Waals surface area contributed by atoms with Gasteiger partial charge in [0.2, 0.25) is 0 Å². The number of carbonyl (C=O) groups is 3. The SMILES string of the molecule is CCNC(=O)N1CCC(NC(=O)OC(C)(C)C)(C(=O)O)C1. The Balaban J connectivity index is 2.76. The van der Waals surface area contributed by atoms with Gasteiger partial charge < -0.3 is 25.4 Å². The molecule has 1 heterocycles. The van der Waals surface area contributed by atoms with E-state index < -0.39 is 23.2 Å². The quantitative estimate of drug-likeness (QED) is 0.713. The maximum Gasteiger partial charge on any atom is 0.408 e. The third-order valence-electron chi connectivity index (χ3n) is 3.03. The van der Waals surface area contributed by atoms with Crippen molar-refractivity contribution >= 4 is 18.1 Å². The smallest absolute Gasteiger partial charge is 0.408 e. The molecular weight excluding hydrogens is 278 g/mol. The molecule has 1 atom stereocenters. The molecule has 8 heteroatoms. The Hall–Kier alpha value is -1.99. The predicted octanol–water partition coefficient (Wildman–Crippen LogP) is 0.770. The molecule has 0 radical (unpaired) electrons. The number of urea groups is 1. The Kier molecular flexibility index (Phi) is 5.03. The van der Waals surface area contributed by atoms with Gasteiger partial charge in [0.1, 0.15) is 5.60 Å². The molecule has 21 heavy (non-hydrogen) atoms. The van der Waals surface area contributed by atoms with E-state index in [1.54, 1.807) is 27.7 Å². The average Bonchev–Trinajstić information content (AvgIpc) is 2.72. The number of nitrogens with one attached hydrogen (secondary N) is 2. The second-order valence-corrected chi connectivity index (χ2v) is 6.02. The fraction of sp³-hybridized carbons (Fsp3) is 0.769. The number of carboxylic acid groups (broad SMARTS) is 1. The van der Waals surface area contributed by atoms with Gasteiger partial charge in [0.25, 0.3) is 0 Å². The van der Waals surface area contributed by atoms with Crippen LogP contribution in [0.3, 0.4) is 0 Å². The summed E-state index contributed by atoms with van der Waals surface area (Å²) >= 11 is 0. The lowest BCUT2D eigenvalue weighted by atomic mass is 9.99. The van der Waals surface area contributed by atoms with Crippen molar-refractivity contribution < 1.29 is 24.2 Å². The van der Waals surface area contributed by atoms with Crippen LogP contribution < -0.4 is 10.6 Å². The van der Waals surface area contributed by atoms with Gasteiger partial charge >= 0.3 is 18.1 Å². The molecule has 8 nitrogen and oxygen atoms in total. The van der Waals surface area contributed by atoms with Gasteiger partial charge in [0, 0.05) is 19.5 Å². The van der Waals surface area contributed by atoms with Gasteiger partial charge in [-0.15, -0.1) is 0 Å². The zero-order valence-corrected chi connectivity index (χ0v) is 12.9. The lowest BCUT2D eigenvalue weighted by Gasteiger charge is -2.28. The standard InChI is InChI=1S/C13H23N3O5/c1-5-14-10(19)16-7-6-13(8-16,9(17)18)15-11(20)21-12(2,3)4/h5-8H2,1-4H3,(H,14,19)(H,15,20)(H,17,18). The van der Waals surface area contributed by atoms with E-state index in [4.69, 9.17) is 4.74 Å². The van der Waals surface area contributed by atoms with Gasteiger partial charge in [-0.05, 0) is 27.7 Å². The van der Waals surface area contributed by atoms with Crippen molar-refractivity contribution in [2.75, 3.05) is 19.6 Å². The second-order valence-electron chi connectivity index (χ2n) is 6.02. The second kappa shape index (κ2) is 6.19. The Bertz CT molecular complexity index is 432. The summed E-state index contributed by atoms with van der Waals surface area (Å²) in [6.07, 6.45) is -0.665. The summed E-state index contributed by atoms with van der Waals surface area (Å²) in [5.41, 5.74) is -2.23. The molecule has 3 N–H and O–H groups in total. The van der Waals surface area contributed by atoms with Crippen molar-refractivity contribution in [2.24, 2.45) is 0 Å². The van der Waals surface area contributed by atoms with Crippen molar-refractivity contribution in [3.8, 4) is 0 Å². The molecule has 1 aliphatic heterocycles. The fourth-order valence-electron chi connectivity index (χ4n) is 2.08. The summed E-state index contributed by atoms with van der Waals surface area (Å²) in [5, 5.41) is 14.4. The van der Waals surface area contributed by atoms with E-state index in [1.807, 2.05) is 0 Å². The number of likely N-dealkylation sites (tertiary alicyclic amines) is 1. The Morgan fingerprint density at radius 3 is 2.43 bits per heavy atom. The summed E-state index contributed by atoms with van der Waals surface area (Å²) in [6, 6.07) is -0.341. The minimum Gasteiger partial charge on any atom is -0.479 e. The van der Waals surface area contributed by atoms with Crippen LogP contribution >= 0.6 is 0 Å². The van der Waals surface area contributed by atoms with Crippen LogP contribution in [-0.2, 0) is 9.53 Å². The fourth-order valence-corrected chi connectivity index (χ4v) is 2.08. The molecule has 1 rings (SSSR count). The van der Waals surface area contributed by atoms with Crippen molar-refractivity contribution in [1.82, 2.24) is 15.5 Å². The van der Waals surface area contributed by atoms with E-state index in [9.17, 15) is 19.5 Å². The van der Waals surface area contributed by atoms with E-state index in [1.165, 1.54) is 4.90 Å². The number of ether oxygens (including phenoxy) is 1. The number of hydrogen-bond acceptors (Lipinski definition) is 4. The first kappa shape index (κ1) is 17.1. The maximum atomic E-state index is 11.8. The summed E-state index contributed by atoms with van der Waals surface area (Å²) in [5.74, 6) is -1.18. The van der Waals surface area contributed by atoms with Crippen LogP contribution in [0.15, 0.2) is 0 Å². The molecule has 120 valence electrons. The van der Waals surface area contributed by atoms with Gasteiger partial charge in [-0.3, -0.25) is 0 Å². The molecule has 3 amide bonds. The summed E-state index contributed by atoms with van der Waals surface area (Å²) in [6.45, 7) is 7.47. The van der Waals surface area contributed by atoms with E-state index in [-0.39, 0.29) is 25.5 Å². The molecule has 0 aromatic rings. The first-order valence-electron chi connectivity index (χ1n) is 6.87. The number of hydrogen-bond donors (Lipinski definition) is 3. The van der Waals surface area contributed by atoms with E-state index in [0.29, 0.717) is 6.54 Å². The van der Waals surface area contributed by atoms with Crippen LogP contribution in [0, 0.1) is 0 Å². The highest BCUT2D eigenvalue weighted by Crippen LogP contribution is 2.23. The molecule has 1 unspecified atom stereocenters. The largest absolute Gasteiger partial charge is 0.479 e. The number of carbonyl (C=O) groups excluding carboxylic acids is 2. The van der Waals surface area contributed by atoms with Gasteiger partial charge in [-0.1, -0.05) is 0 Å². The van der Waals surface area contributed by atoms with Gasteiger partial charge in [-0.2, -0.15) is 0 Å². The number of alkyl carbamates (subject to hydrolysis) is 1. The molecule has 1 aliphatic rings. The first-order chi connectivity index (χ1) is 9.59. The zero-order chi connectivity index (χ0) is 16.3. The van der Waals surface area contributed by atoms with Gasteiger partial charge in [0.15, 0.2) is 5.54 Å². The molecule has 0 aromatic heterocycles.